The van der Waals surface area contributed by atoms with E-state index >= 15 is 0 Å². The van der Waals surface area contributed by atoms with Gasteiger partial charge in [0.2, 0.25) is 0 Å². The number of hydrogen-bond acceptors (Lipinski definition) is 3. The van der Waals surface area contributed by atoms with Crippen molar-refractivity contribution in [2.24, 2.45) is 0 Å². The molecule has 0 bridgehead atoms. The van der Waals surface area contributed by atoms with Crippen LogP contribution in [0.15, 0.2) is 18.2 Å². The van der Waals surface area contributed by atoms with Crippen LogP contribution < -0.4 is 5.32 Å². The molecule has 2 atom stereocenters. The number of amides is 2. The Morgan fingerprint density at radius 2 is 2.20 bits per heavy atom. The van der Waals surface area contributed by atoms with E-state index in [1.54, 1.807) is 6.07 Å². The third-order valence-electron chi connectivity index (χ3n) is 4.88. The van der Waals surface area contributed by atoms with Gasteiger partial charge in [-0.2, -0.15) is 0 Å². The minimum atomic E-state index is 0.0893. The summed E-state index contributed by atoms with van der Waals surface area (Å²) in [6, 6.07) is 6.60. The molecule has 2 N–H and O–H groups in total. The number of carbonyl (C=O) groups excluding carboxylic acids is 1. The van der Waals surface area contributed by atoms with Crippen LogP contribution in [0.1, 0.15) is 23.6 Å². The SMILES string of the molecule is O=C1NCC2CN(C3CCc4cc(O)ccc43)CCN12. The van der Waals surface area contributed by atoms with Crippen molar-refractivity contribution in [1.29, 1.82) is 0 Å². The molecule has 1 aromatic rings. The highest BCUT2D eigenvalue weighted by Gasteiger charge is 2.39. The molecule has 3 aliphatic rings. The number of aromatic hydroxyl groups is 1. The van der Waals surface area contributed by atoms with Crippen molar-refractivity contribution in [3.63, 3.8) is 0 Å². The molecule has 2 saturated heterocycles. The predicted octanol–water partition coefficient (Wildman–Crippen LogP) is 1.09. The molecular weight excluding hydrogens is 254 g/mol. The Balaban J connectivity index is 1.55. The molecule has 2 unspecified atom stereocenters. The molecule has 5 nitrogen and oxygen atoms in total. The number of rotatable bonds is 1. The Labute approximate surface area is 118 Å². The Morgan fingerprint density at radius 3 is 3.10 bits per heavy atom. The first-order chi connectivity index (χ1) is 9.72. The molecule has 0 saturated carbocycles. The first kappa shape index (κ1) is 12.0. The summed E-state index contributed by atoms with van der Waals surface area (Å²) in [6.07, 6.45) is 2.16. The van der Waals surface area contributed by atoms with Crippen LogP contribution >= 0.6 is 0 Å². The summed E-state index contributed by atoms with van der Waals surface area (Å²) in [6.45, 7) is 3.48. The largest absolute Gasteiger partial charge is 0.508 e. The molecule has 2 fully saturated rings. The second-order valence-corrected chi connectivity index (χ2v) is 5.97. The van der Waals surface area contributed by atoms with E-state index in [4.69, 9.17) is 0 Å². The second kappa shape index (κ2) is 4.38. The average molecular weight is 273 g/mol. The van der Waals surface area contributed by atoms with Gasteiger partial charge in [-0.15, -0.1) is 0 Å². The maximum absolute atomic E-state index is 11.6. The summed E-state index contributed by atoms with van der Waals surface area (Å²) >= 11 is 0. The molecule has 4 rings (SSSR count). The number of carbonyl (C=O) groups is 1. The highest BCUT2D eigenvalue weighted by atomic mass is 16.3. The van der Waals surface area contributed by atoms with Gasteiger partial charge in [-0.05, 0) is 36.1 Å². The molecule has 5 heteroatoms. The fourth-order valence-corrected chi connectivity index (χ4v) is 3.87. The standard InChI is InChI=1S/C15H19N3O2/c19-12-2-3-13-10(7-12)1-4-14(13)17-5-6-18-11(9-17)8-16-15(18)20/h2-3,7,11,14,19H,1,4-6,8-9H2,(H,16,20). The fraction of sp³-hybridized carbons (Fsp3) is 0.533. The van der Waals surface area contributed by atoms with Gasteiger partial charge in [0.05, 0.1) is 6.04 Å². The minimum absolute atomic E-state index is 0.0893. The van der Waals surface area contributed by atoms with Crippen LogP contribution in [0, 0.1) is 0 Å². The Kier molecular flexibility index (Phi) is 2.63. The van der Waals surface area contributed by atoms with Gasteiger partial charge >= 0.3 is 6.03 Å². The molecule has 2 aliphatic heterocycles. The summed E-state index contributed by atoms with van der Waals surface area (Å²) in [5.74, 6) is 0.361. The highest BCUT2D eigenvalue weighted by molar-refractivity contribution is 5.77. The van der Waals surface area contributed by atoms with Crippen molar-refractivity contribution in [3.05, 3.63) is 29.3 Å². The van der Waals surface area contributed by atoms with Crippen LogP contribution in [0.2, 0.25) is 0 Å². The normalized spacial score (nSPS) is 29.2. The molecule has 0 spiro atoms. The lowest BCUT2D eigenvalue weighted by atomic mass is 10.0. The van der Waals surface area contributed by atoms with Gasteiger partial charge in [0.1, 0.15) is 5.75 Å². The number of phenolic OH excluding ortho intramolecular Hbond substituents is 1. The van der Waals surface area contributed by atoms with E-state index in [0.29, 0.717) is 17.8 Å². The molecule has 2 amide bonds. The molecule has 1 aliphatic carbocycles. The van der Waals surface area contributed by atoms with Crippen molar-refractivity contribution >= 4 is 6.03 Å². The first-order valence-corrected chi connectivity index (χ1v) is 7.32. The summed E-state index contributed by atoms with van der Waals surface area (Å²) in [4.78, 5) is 16.1. The van der Waals surface area contributed by atoms with Crippen LogP contribution in [-0.4, -0.2) is 53.2 Å². The van der Waals surface area contributed by atoms with Gasteiger partial charge in [-0.1, -0.05) is 6.07 Å². The summed E-state index contributed by atoms with van der Waals surface area (Å²) in [5, 5.41) is 12.5. The number of benzene rings is 1. The van der Waals surface area contributed by atoms with Crippen LogP contribution in [0.25, 0.3) is 0 Å². The number of hydrogen-bond donors (Lipinski definition) is 2. The van der Waals surface area contributed by atoms with Crippen molar-refractivity contribution in [1.82, 2.24) is 15.1 Å². The third kappa shape index (κ3) is 1.77. The quantitative estimate of drug-likeness (QED) is 0.805. The monoisotopic (exact) mass is 273 g/mol. The smallest absolute Gasteiger partial charge is 0.317 e. The Morgan fingerprint density at radius 1 is 1.30 bits per heavy atom. The zero-order valence-corrected chi connectivity index (χ0v) is 11.4. The lowest BCUT2D eigenvalue weighted by molar-refractivity contribution is 0.0881. The lowest BCUT2D eigenvalue weighted by Gasteiger charge is -2.40. The molecule has 0 aromatic heterocycles. The zero-order chi connectivity index (χ0) is 13.7. The topological polar surface area (TPSA) is 55.8 Å². The van der Waals surface area contributed by atoms with Crippen molar-refractivity contribution in [3.8, 4) is 5.75 Å². The Hall–Kier alpha value is -1.75. The number of phenols is 1. The summed E-state index contributed by atoms with van der Waals surface area (Å²) in [5.41, 5.74) is 2.63. The van der Waals surface area contributed by atoms with E-state index in [9.17, 15) is 9.90 Å². The van der Waals surface area contributed by atoms with Crippen molar-refractivity contribution in [2.75, 3.05) is 26.2 Å². The zero-order valence-electron chi connectivity index (χ0n) is 11.4. The van der Waals surface area contributed by atoms with Gasteiger partial charge in [0.15, 0.2) is 0 Å². The Bertz CT molecular complexity index is 560. The second-order valence-electron chi connectivity index (χ2n) is 5.97. The molecule has 1 aromatic carbocycles. The minimum Gasteiger partial charge on any atom is -0.508 e. The predicted molar refractivity (Wildman–Crippen MR) is 74.6 cm³/mol. The third-order valence-corrected chi connectivity index (χ3v) is 4.88. The first-order valence-electron chi connectivity index (χ1n) is 7.32. The van der Waals surface area contributed by atoms with Crippen LogP contribution in [0.3, 0.4) is 0 Å². The molecule has 106 valence electrons. The van der Waals surface area contributed by atoms with E-state index in [1.165, 1.54) is 11.1 Å². The van der Waals surface area contributed by atoms with Crippen molar-refractivity contribution < 1.29 is 9.90 Å². The number of nitrogens with one attached hydrogen (secondary N) is 1. The number of urea groups is 1. The summed E-state index contributed by atoms with van der Waals surface area (Å²) in [7, 11) is 0. The maximum atomic E-state index is 11.6. The number of piperazine rings is 1. The van der Waals surface area contributed by atoms with Crippen molar-refractivity contribution in [2.45, 2.75) is 24.9 Å². The fourth-order valence-electron chi connectivity index (χ4n) is 3.87. The number of fused-ring (bicyclic) bond motifs is 2. The molecule has 2 heterocycles. The summed E-state index contributed by atoms with van der Waals surface area (Å²) < 4.78 is 0. The van der Waals surface area contributed by atoms with E-state index in [2.05, 4.69) is 16.3 Å². The van der Waals surface area contributed by atoms with Gasteiger partial charge in [0, 0.05) is 32.2 Å². The van der Waals surface area contributed by atoms with Crippen LogP contribution in [0.4, 0.5) is 4.79 Å². The van der Waals surface area contributed by atoms with E-state index in [-0.39, 0.29) is 6.03 Å². The van der Waals surface area contributed by atoms with Gasteiger partial charge in [0.25, 0.3) is 0 Å². The number of nitrogens with zero attached hydrogens (tertiary/aromatic N) is 2. The van der Waals surface area contributed by atoms with Gasteiger partial charge in [-0.25, -0.2) is 4.79 Å². The lowest BCUT2D eigenvalue weighted by Crippen LogP contribution is -2.52. The molecule has 20 heavy (non-hydrogen) atoms. The van der Waals surface area contributed by atoms with Gasteiger partial charge < -0.3 is 15.3 Å². The highest BCUT2D eigenvalue weighted by Crippen LogP contribution is 2.38. The maximum Gasteiger partial charge on any atom is 0.317 e. The van der Waals surface area contributed by atoms with E-state index in [1.807, 2.05) is 11.0 Å². The average Bonchev–Trinajstić information content (AvgIpc) is 3.02. The van der Waals surface area contributed by atoms with Gasteiger partial charge in [-0.3, -0.25) is 4.90 Å². The molecule has 0 radical (unpaired) electrons. The molecular formula is C15H19N3O2. The van der Waals surface area contributed by atoms with Crippen LogP contribution in [0.5, 0.6) is 5.75 Å². The number of aryl methyl sites for hydroxylation is 1. The van der Waals surface area contributed by atoms with Crippen LogP contribution in [-0.2, 0) is 6.42 Å². The van der Waals surface area contributed by atoms with E-state index in [0.717, 1.165) is 39.0 Å². The van der Waals surface area contributed by atoms with E-state index < -0.39 is 0 Å².